The number of sulfonamides is 1. The summed E-state index contributed by atoms with van der Waals surface area (Å²) in [5.41, 5.74) is 2.73. The van der Waals surface area contributed by atoms with Crippen molar-refractivity contribution in [3.05, 3.63) is 69.3 Å². The number of hydrogen-bond acceptors (Lipinski definition) is 5. The molecule has 1 N–H and O–H groups in total. The highest BCUT2D eigenvalue weighted by molar-refractivity contribution is 7.91. The monoisotopic (exact) mass is 450 g/mol. The number of halogens is 1. The molecule has 0 saturated carbocycles. The third-order valence-corrected chi connectivity index (χ3v) is 8.35. The van der Waals surface area contributed by atoms with Crippen LogP contribution in [0.2, 0.25) is 5.02 Å². The van der Waals surface area contributed by atoms with Crippen LogP contribution in [0.15, 0.2) is 46.0 Å². The highest BCUT2D eigenvalue weighted by atomic mass is 35.5. The van der Waals surface area contributed by atoms with Crippen LogP contribution in [0.5, 0.6) is 0 Å². The molecule has 0 unspecified atom stereocenters. The molecule has 0 atom stereocenters. The number of carbonyl (C=O) groups excluding carboxylic acids is 1. The van der Waals surface area contributed by atoms with Crippen molar-refractivity contribution in [2.24, 2.45) is 7.05 Å². The number of aromatic nitrogens is 2. The van der Waals surface area contributed by atoms with Gasteiger partial charge < -0.3 is 5.32 Å². The van der Waals surface area contributed by atoms with Crippen molar-refractivity contribution < 1.29 is 13.2 Å². The number of benzene rings is 1. The minimum atomic E-state index is -3.58. The molecule has 4 rings (SSSR count). The van der Waals surface area contributed by atoms with Crippen molar-refractivity contribution in [2.45, 2.75) is 23.7 Å². The van der Waals surface area contributed by atoms with Crippen molar-refractivity contribution in [2.75, 3.05) is 6.54 Å². The quantitative estimate of drug-likeness (QED) is 0.647. The summed E-state index contributed by atoms with van der Waals surface area (Å²) in [5, 5.41) is 9.59. The molecular weight excluding hydrogens is 432 g/mol. The third kappa shape index (κ3) is 3.95. The Morgan fingerprint density at radius 1 is 1.28 bits per heavy atom. The minimum Gasteiger partial charge on any atom is -0.347 e. The van der Waals surface area contributed by atoms with Crippen molar-refractivity contribution in [1.82, 2.24) is 19.4 Å². The maximum Gasteiger partial charge on any atom is 0.272 e. The Labute approximate surface area is 178 Å². The number of carbonyl (C=O) groups is 1. The molecule has 0 aliphatic carbocycles. The SMILES string of the molecule is Cn1nc(C(=O)NCc2ccc(Cl)cc2)c2c1CCN(S(=O)(=O)c1cccs1)C2. The van der Waals surface area contributed by atoms with Crippen LogP contribution in [0.3, 0.4) is 0 Å². The van der Waals surface area contributed by atoms with E-state index in [1.54, 1.807) is 41.4 Å². The van der Waals surface area contributed by atoms with Crippen LogP contribution in [0, 0.1) is 0 Å². The fraction of sp³-hybridized carbons (Fsp3) is 0.263. The summed E-state index contributed by atoms with van der Waals surface area (Å²) < 4.78 is 29.2. The van der Waals surface area contributed by atoms with Gasteiger partial charge in [0.2, 0.25) is 0 Å². The fourth-order valence-corrected chi connectivity index (χ4v) is 6.04. The number of nitrogens with zero attached hydrogens (tertiary/aromatic N) is 3. The minimum absolute atomic E-state index is 0.132. The summed E-state index contributed by atoms with van der Waals surface area (Å²) in [4.78, 5) is 12.8. The van der Waals surface area contributed by atoms with E-state index in [-0.39, 0.29) is 18.1 Å². The molecule has 1 aromatic carbocycles. The molecule has 29 heavy (non-hydrogen) atoms. The first-order chi connectivity index (χ1) is 13.9. The molecule has 1 aliphatic rings. The van der Waals surface area contributed by atoms with E-state index < -0.39 is 10.0 Å². The van der Waals surface area contributed by atoms with Gasteiger partial charge in [-0.1, -0.05) is 29.8 Å². The van der Waals surface area contributed by atoms with Gasteiger partial charge in [0.15, 0.2) is 5.69 Å². The Bertz CT molecular complexity index is 1140. The zero-order valence-corrected chi connectivity index (χ0v) is 18.0. The predicted octanol–water partition coefficient (Wildman–Crippen LogP) is 2.81. The predicted molar refractivity (Wildman–Crippen MR) is 111 cm³/mol. The number of aryl methyl sites for hydroxylation is 1. The zero-order valence-electron chi connectivity index (χ0n) is 15.6. The van der Waals surface area contributed by atoms with Gasteiger partial charge in [-0.05, 0) is 29.1 Å². The number of thiophene rings is 1. The van der Waals surface area contributed by atoms with E-state index in [9.17, 15) is 13.2 Å². The fourth-order valence-electron chi connectivity index (χ4n) is 3.36. The van der Waals surface area contributed by atoms with Crippen molar-refractivity contribution >= 4 is 38.9 Å². The molecule has 3 aromatic rings. The number of hydrogen-bond donors (Lipinski definition) is 1. The van der Waals surface area contributed by atoms with Gasteiger partial charge in [-0.15, -0.1) is 11.3 Å². The van der Waals surface area contributed by atoms with E-state index in [4.69, 9.17) is 11.6 Å². The van der Waals surface area contributed by atoms with Gasteiger partial charge in [0.25, 0.3) is 15.9 Å². The van der Waals surface area contributed by atoms with Crippen LogP contribution in [-0.4, -0.2) is 35.0 Å². The normalized spacial score (nSPS) is 14.6. The van der Waals surface area contributed by atoms with E-state index in [1.165, 1.54) is 15.6 Å². The molecule has 0 bridgehead atoms. The van der Waals surface area contributed by atoms with E-state index in [2.05, 4.69) is 10.4 Å². The molecule has 152 valence electrons. The summed E-state index contributed by atoms with van der Waals surface area (Å²) in [5.74, 6) is -0.327. The van der Waals surface area contributed by atoms with Crippen molar-refractivity contribution in [1.29, 1.82) is 0 Å². The first-order valence-corrected chi connectivity index (χ1v) is 11.7. The maximum atomic E-state index is 12.9. The van der Waals surface area contributed by atoms with Gasteiger partial charge in [0.1, 0.15) is 4.21 Å². The molecule has 10 heteroatoms. The first kappa shape index (κ1) is 20.1. The van der Waals surface area contributed by atoms with Crippen molar-refractivity contribution in [3.8, 4) is 0 Å². The van der Waals surface area contributed by atoms with Crippen LogP contribution in [0.4, 0.5) is 0 Å². The lowest BCUT2D eigenvalue weighted by Gasteiger charge is -2.26. The standard InChI is InChI=1S/C19H19ClN4O3S2/c1-23-16-8-9-24(29(26,27)17-3-2-10-28-17)12-15(16)18(22-23)19(25)21-11-13-4-6-14(20)7-5-13/h2-7,10H,8-9,11-12H2,1H3,(H,21,25). The summed E-state index contributed by atoms with van der Waals surface area (Å²) >= 11 is 7.07. The van der Waals surface area contributed by atoms with Crippen LogP contribution in [0.1, 0.15) is 27.3 Å². The number of fused-ring (bicyclic) bond motifs is 1. The van der Waals surface area contributed by atoms with E-state index in [0.29, 0.717) is 34.3 Å². The highest BCUT2D eigenvalue weighted by Gasteiger charge is 2.33. The van der Waals surface area contributed by atoms with Crippen LogP contribution in [-0.2, 0) is 36.6 Å². The second kappa shape index (κ2) is 7.91. The second-order valence-corrected chi connectivity index (χ2v) is 10.3. The maximum absolute atomic E-state index is 12.9. The molecule has 0 radical (unpaired) electrons. The summed E-state index contributed by atoms with van der Waals surface area (Å²) in [7, 11) is -1.81. The average Bonchev–Trinajstić information content (AvgIpc) is 3.36. The summed E-state index contributed by atoms with van der Waals surface area (Å²) in [6.45, 7) is 0.824. The molecule has 0 spiro atoms. The lowest BCUT2D eigenvalue weighted by molar-refractivity contribution is 0.0943. The van der Waals surface area contributed by atoms with Crippen molar-refractivity contribution in [3.63, 3.8) is 0 Å². The molecule has 0 saturated heterocycles. The molecular formula is C19H19ClN4O3S2. The Kier molecular flexibility index (Phi) is 5.48. The third-order valence-electron chi connectivity index (χ3n) is 4.88. The molecule has 3 heterocycles. The average molecular weight is 451 g/mol. The highest BCUT2D eigenvalue weighted by Crippen LogP contribution is 2.28. The molecule has 1 aliphatic heterocycles. The number of amides is 1. The largest absolute Gasteiger partial charge is 0.347 e. The molecule has 1 amide bonds. The Hall–Kier alpha value is -2.20. The van der Waals surface area contributed by atoms with E-state index >= 15 is 0 Å². The molecule has 0 fully saturated rings. The summed E-state index contributed by atoms with van der Waals surface area (Å²) in [6.07, 6.45) is 0.508. The lowest BCUT2D eigenvalue weighted by atomic mass is 10.1. The zero-order chi connectivity index (χ0) is 20.6. The van der Waals surface area contributed by atoms with Gasteiger partial charge in [0, 0.05) is 49.4 Å². The Morgan fingerprint density at radius 2 is 2.03 bits per heavy atom. The Morgan fingerprint density at radius 3 is 2.72 bits per heavy atom. The van der Waals surface area contributed by atoms with Crippen LogP contribution >= 0.6 is 22.9 Å². The van der Waals surface area contributed by atoms with E-state index in [1.807, 2.05) is 12.1 Å². The van der Waals surface area contributed by atoms with Gasteiger partial charge in [0.05, 0.1) is 0 Å². The topological polar surface area (TPSA) is 84.3 Å². The lowest BCUT2D eigenvalue weighted by Crippen LogP contribution is -2.36. The molecule has 2 aromatic heterocycles. The smallest absolute Gasteiger partial charge is 0.272 e. The van der Waals surface area contributed by atoms with Crippen LogP contribution in [0.25, 0.3) is 0 Å². The van der Waals surface area contributed by atoms with Gasteiger partial charge >= 0.3 is 0 Å². The van der Waals surface area contributed by atoms with Gasteiger partial charge in [-0.25, -0.2) is 8.42 Å². The van der Waals surface area contributed by atoms with E-state index in [0.717, 1.165) is 11.3 Å². The van der Waals surface area contributed by atoms with Gasteiger partial charge in [-0.2, -0.15) is 9.40 Å². The Balaban J connectivity index is 1.55. The summed E-state index contributed by atoms with van der Waals surface area (Å²) in [6, 6.07) is 10.5. The first-order valence-electron chi connectivity index (χ1n) is 8.97. The number of nitrogens with one attached hydrogen (secondary N) is 1. The van der Waals surface area contributed by atoms with Gasteiger partial charge in [-0.3, -0.25) is 9.48 Å². The number of rotatable bonds is 5. The molecule has 7 nitrogen and oxygen atoms in total. The van der Waals surface area contributed by atoms with Crippen LogP contribution < -0.4 is 5.32 Å². The second-order valence-electron chi connectivity index (χ2n) is 6.73.